The summed E-state index contributed by atoms with van der Waals surface area (Å²) in [4.78, 5) is 68.2. The lowest BCUT2D eigenvalue weighted by molar-refractivity contribution is 0.0943. The van der Waals surface area contributed by atoms with Crippen LogP contribution >= 0.6 is 0 Å². The number of carbonyl (C=O) groups excluding carboxylic acids is 2. The summed E-state index contributed by atoms with van der Waals surface area (Å²) in [5, 5.41) is 11.7. The number of piperidine rings is 2. The SMILES string of the molecule is Cc1cc(C)c(CNC(=O)c2cc(-c3ccc(CN4CCCCC4)cc3)cc(N(C)C3CCC(N(C)C)CC3)c2C)c(=O)[nH]1.Cc1cc(C)c(CNC(=O)c2cc(-c3ccc(CN4CCCCC4)cc3)cc3c2cnn3C2CCCC2)c(=O)[nH]1. The average molecular weight is 1140 g/mol. The Morgan fingerprint density at radius 2 is 1.01 bits per heavy atom. The van der Waals surface area contributed by atoms with Gasteiger partial charge in [-0.25, -0.2) is 0 Å². The Morgan fingerprint density at radius 3 is 1.50 bits per heavy atom. The van der Waals surface area contributed by atoms with E-state index < -0.39 is 0 Å². The molecule has 2 saturated carbocycles. The van der Waals surface area contributed by atoms with Gasteiger partial charge in [-0.05, 0) is 226 Å². The van der Waals surface area contributed by atoms with Gasteiger partial charge in [0, 0.05) is 84.5 Å². The summed E-state index contributed by atoms with van der Waals surface area (Å²) in [7, 11) is 6.54. The second-order valence-corrected chi connectivity index (χ2v) is 25.0. The Labute approximate surface area is 497 Å². The number of likely N-dealkylation sites (tertiary alicyclic amines) is 2. The number of hydrogen-bond donors (Lipinski definition) is 4. The molecule has 4 N–H and O–H groups in total. The number of nitrogens with zero attached hydrogens (tertiary/aromatic N) is 6. The van der Waals surface area contributed by atoms with Crippen molar-refractivity contribution in [3.05, 3.63) is 173 Å². The molecule has 0 radical (unpaired) electrons. The first-order valence-corrected chi connectivity index (χ1v) is 31.2. The average Bonchev–Trinajstić information content (AvgIpc) is 3.66. The van der Waals surface area contributed by atoms with Gasteiger partial charge in [0.2, 0.25) is 0 Å². The van der Waals surface area contributed by atoms with Crippen molar-refractivity contribution in [1.29, 1.82) is 0 Å². The van der Waals surface area contributed by atoms with Gasteiger partial charge < -0.3 is 30.4 Å². The minimum atomic E-state index is -0.195. The van der Waals surface area contributed by atoms with Gasteiger partial charge in [0.15, 0.2) is 0 Å². The number of pyridine rings is 2. The number of benzene rings is 4. The predicted octanol–water partition coefficient (Wildman–Crippen LogP) is 12.2. The molecule has 0 unspecified atom stereocenters. The van der Waals surface area contributed by atoms with Crippen LogP contribution in [0.15, 0.2) is 101 Å². The molecule has 4 aliphatic rings. The molecule has 4 fully saturated rings. The molecule has 444 valence electrons. The van der Waals surface area contributed by atoms with Crippen molar-refractivity contribution in [1.82, 2.24) is 45.1 Å². The van der Waals surface area contributed by atoms with Crippen molar-refractivity contribution in [2.24, 2.45) is 0 Å². The first kappa shape index (κ1) is 60.0. The molecule has 14 heteroatoms. The Balaban J connectivity index is 0.000000188. The highest BCUT2D eigenvalue weighted by Crippen LogP contribution is 2.37. The predicted molar refractivity (Wildman–Crippen MR) is 341 cm³/mol. The fourth-order valence-electron chi connectivity index (χ4n) is 13.7. The minimum Gasteiger partial charge on any atom is -0.371 e. The third kappa shape index (κ3) is 14.3. The van der Waals surface area contributed by atoms with Gasteiger partial charge in [0.05, 0.1) is 23.3 Å². The third-order valence-electron chi connectivity index (χ3n) is 18.7. The molecule has 0 bridgehead atoms. The van der Waals surface area contributed by atoms with E-state index in [1.165, 1.54) is 102 Å². The number of fused-ring (bicyclic) bond motifs is 1. The Kier molecular flexibility index (Phi) is 19.5. The summed E-state index contributed by atoms with van der Waals surface area (Å²) in [5.74, 6) is -0.352. The summed E-state index contributed by atoms with van der Waals surface area (Å²) in [6.45, 7) is 16.7. The first-order valence-electron chi connectivity index (χ1n) is 31.2. The number of nitrogens with one attached hydrogen (secondary N) is 4. The normalized spacial score (nSPS) is 18.0. The van der Waals surface area contributed by atoms with Gasteiger partial charge in [-0.15, -0.1) is 0 Å². The Bertz CT molecular complexity index is 3530. The molecule has 2 aliphatic heterocycles. The highest BCUT2D eigenvalue weighted by atomic mass is 16.2. The molecule has 3 aromatic heterocycles. The molecular weight excluding hydrogens is 1040 g/mol. The molecular formula is C70H90N10O4. The third-order valence-corrected chi connectivity index (χ3v) is 18.7. The zero-order valence-corrected chi connectivity index (χ0v) is 51.3. The molecule has 2 aliphatic carbocycles. The maximum Gasteiger partial charge on any atom is 0.253 e. The lowest BCUT2D eigenvalue weighted by Gasteiger charge is -2.39. The van der Waals surface area contributed by atoms with E-state index in [0.29, 0.717) is 40.4 Å². The lowest BCUT2D eigenvalue weighted by Crippen LogP contribution is -2.40. The van der Waals surface area contributed by atoms with Crippen molar-refractivity contribution in [2.75, 3.05) is 52.2 Å². The molecule has 11 rings (SSSR count). The molecule has 84 heavy (non-hydrogen) atoms. The number of hydrogen-bond acceptors (Lipinski definition) is 9. The van der Waals surface area contributed by atoms with Crippen LogP contribution < -0.4 is 26.7 Å². The number of aryl methyl sites for hydroxylation is 4. The maximum absolute atomic E-state index is 13.8. The summed E-state index contributed by atoms with van der Waals surface area (Å²) in [6.07, 6.45) is 18.9. The van der Waals surface area contributed by atoms with E-state index in [2.05, 4.69) is 134 Å². The number of aromatic nitrogens is 4. The number of aromatic amines is 2. The van der Waals surface area contributed by atoms with E-state index in [0.717, 1.165) is 106 Å². The van der Waals surface area contributed by atoms with Gasteiger partial charge in [0.25, 0.3) is 22.9 Å². The summed E-state index contributed by atoms with van der Waals surface area (Å²) < 4.78 is 2.13. The molecule has 4 aromatic carbocycles. The van der Waals surface area contributed by atoms with Crippen molar-refractivity contribution in [3.63, 3.8) is 0 Å². The van der Waals surface area contributed by atoms with Gasteiger partial charge in [-0.3, -0.25) is 33.7 Å². The monoisotopic (exact) mass is 1130 g/mol. The van der Waals surface area contributed by atoms with E-state index in [-0.39, 0.29) is 36.0 Å². The first-order chi connectivity index (χ1) is 40.6. The standard InChI is InChI=1S/C37H51N5O2.C33H39N5O2/c1-25-20-26(2)39-37(44)34(25)23-38-36(43)33-21-30(29-12-10-28(11-13-29)24-42-18-8-7-9-19-42)22-35(27(33)3)41(6)32-16-14-31(15-17-32)40(4)5;1-22-16-23(2)36-33(40)29(22)19-34-32(39)28-17-26(18-31-30(28)20-35-38(31)27-8-4-5-9-27)25-12-10-24(11-13-25)21-37-14-6-3-7-15-37/h10-13,20-22,31-32H,7-9,14-19,23-24H2,1-6H3,(H,38,43)(H,39,44);10-13,16-18,20,27H,3-9,14-15,19,21H2,1-2H3,(H,34,39)(H,36,40). The zero-order chi connectivity index (χ0) is 59.0. The van der Waals surface area contributed by atoms with Crippen LogP contribution in [0.1, 0.15) is 167 Å². The van der Waals surface area contributed by atoms with Crippen LogP contribution in [0.25, 0.3) is 33.2 Å². The summed E-state index contributed by atoms with van der Waals surface area (Å²) in [6, 6.07) is 31.4. The molecule has 5 heterocycles. The van der Waals surface area contributed by atoms with Crippen LogP contribution in [0.4, 0.5) is 5.69 Å². The van der Waals surface area contributed by atoms with Gasteiger partial charge >= 0.3 is 0 Å². The van der Waals surface area contributed by atoms with Gasteiger partial charge in [0.1, 0.15) is 0 Å². The van der Waals surface area contributed by atoms with Gasteiger partial charge in [-0.2, -0.15) is 5.10 Å². The molecule has 14 nitrogen and oxygen atoms in total. The topological polar surface area (TPSA) is 155 Å². The highest BCUT2D eigenvalue weighted by molar-refractivity contribution is 6.08. The van der Waals surface area contributed by atoms with Crippen molar-refractivity contribution in [3.8, 4) is 22.3 Å². The van der Waals surface area contributed by atoms with Crippen molar-refractivity contribution in [2.45, 2.75) is 169 Å². The quantitative estimate of drug-likeness (QED) is 0.0740. The summed E-state index contributed by atoms with van der Waals surface area (Å²) in [5.41, 5.74) is 15.5. The lowest BCUT2D eigenvalue weighted by atomic mass is 9.88. The maximum atomic E-state index is 13.8. The smallest absolute Gasteiger partial charge is 0.253 e. The van der Waals surface area contributed by atoms with E-state index in [9.17, 15) is 19.2 Å². The van der Waals surface area contributed by atoms with E-state index in [1.54, 1.807) is 0 Å². The van der Waals surface area contributed by atoms with Gasteiger partial charge in [-0.1, -0.05) is 74.2 Å². The number of amides is 2. The fourth-order valence-corrected chi connectivity index (χ4v) is 13.7. The molecule has 0 atom stereocenters. The van der Waals surface area contributed by atoms with E-state index in [4.69, 9.17) is 5.10 Å². The zero-order valence-electron chi connectivity index (χ0n) is 51.3. The van der Waals surface area contributed by atoms with E-state index in [1.807, 2.05) is 58.2 Å². The van der Waals surface area contributed by atoms with Crippen LogP contribution in [-0.4, -0.2) is 106 Å². The highest BCUT2D eigenvalue weighted by Gasteiger charge is 2.28. The van der Waals surface area contributed by atoms with Crippen LogP contribution in [0.3, 0.4) is 0 Å². The molecule has 0 spiro atoms. The van der Waals surface area contributed by atoms with E-state index >= 15 is 0 Å². The molecule has 2 saturated heterocycles. The van der Waals surface area contributed by atoms with Crippen LogP contribution in [0.2, 0.25) is 0 Å². The number of carbonyl (C=O) groups is 2. The fraction of sp³-hybridized carbons (Fsp3) is 0.471. The summed E-state index contributed by atoms with van der Waals surface area (Å²) >= 11 is 0. The Morgan fingerprint density at radius 1 is 0.548 bits per heavy atom. The molecule has 2 amide bonds. The van der Waals surface area contributed by atoms with Crippen LogP contribution in [0.5, 0.6) is 0 Å². The number of rotatable bonds is 16. The second kappa shape index (κ2) is 27.3. The second-order valence-electron chi connectivity index (χ2n) is 25.0. The van der Waals surface area contributed by atoms with Crippen LogP contribution in [0, 0.1) is 34.6 Å². The molecule has 7 aromatic rings. The minimum absolute atomic E-state index is 0.147. The van der Waals surface area contributed by atoms with Crippen molar-refractivity contribution < 1.29 is 9.59 Å². The largest absolute Gasteiger partial charge is 0.371 e. The van der Waals surface area contributed by atoms with Crippen LogP contribution in [-0.2, 0) is 26.2 Å². The number of anilines is 1. The van der Waals surface area contributed by atoms with Crippen molar-refractivity contribution >= 4 is 28.4 Å². The number of H-pyrrole nitrogens is 2. The Hall–Kier alpha value is -7.13.